The molecule has 5 heteroatoms. The molecule has 0 aliphatic rings. The molecular formula is C16H20BrNO2S. The monoisotopic (exact) mass is 369 g/mol. The van der Waals surface area contributed by atoms with Gasteiger partial charge in [-0.3, -0.25) is 0 Å². The Labute approximate surface area is 138 Å². The van der Waals surface area contributed by atoms with Crippen molar-refractivity contribution in [1.82, 2.24) is 4.98 Å². The molecule has 2 aromatic rings. The van der Waals surface area contributed by atoms with Gasteiger partial charge in [-0.2, -0.15) is 0 Å². The molecule has 1 aromatic carbocycles. The minimum atomic E-state index is -0.586. The summed E-state index contributed by atoms with van der Waals surface area (Å²) in [5.41, 5.74) is 1.81. The number of hydrogen-bond acceptors (Lipinski definition) is 4. The third kappa shape index (κ3) is 4.05. The molecule has 1 aromatic heterocycles. The molecule has 0 saturated carbocycles. The Hall–Kier alpha value is -0.910. The van der Waals surface area contributed by atoms with Crippen molar-refractivity contribution in [3.8, 4) is 5.75 Å². The molecule has 0 aliphatic heterocycles. The topological polar surface area (TPSA) is 42.4 Å². The van der Waals surface area contributed by atoms with Crippen LogP contribution in [0.15, 0.2) is 28.1 Å². The Kier molecular flexibility index (Phi) is 5.07. The Morgan fingerprint density at radius 3 is 2.62 bits per heavy atom. The minimum Gasteiger partial charge on any atom is -0.496 e. The molecular weight excluding hydrogens is 350 g/mol. The first-order valence-corrected chi connectivity index (χ1v) is 8.45. The fourth-order valence-corrected chi connectivity index (χ4v) is 3.49. The van der Waals surface area contributed by atoms with Crippen LogP contribution in [0.4, 0.5) is 0 Å². The van der Waals surface area contributed by atoms with E-state index in [0.29, 0.717) is 6.42 Å². The van der Waals surface area contributed by atoms with Crippen LogP contribution in [0.1, 0.15) is 43.1 Å². The third-order valence-corrected chi connectivity index (χ3v) is 5.06. The summed E-state index contributed by atoms with van der Waals surface area (Å²) in [5.74, 6) is 0.789. The maximum atomic E-state index is 10.4. The summed E-state index contributed by atoms with van der Waals surface area (Å²) in [4.78, 5) is 4.57. The fourth-order valence-electron chi connectivity index (χ4n) is 1.95. The van der Waals surface area contributed by atoms with Crippen LogP contribution < -0.4 is 4.74 Å². The largest absolute Gasteiger partial charge is 0.496 e. The van der Waals surface area contributed by atoms with Crippen molar-refractivity contribution >= 4 is 27.3 Å². The molecule has 0 radical (unpaired) electrons. The lowest BCUT2D eigenvalue weighted by Gasteiger charge is -2.14. The van der Waals surface area contributed by atoms with Crippen LogP contribution in [0.3, 0.4) is 0 Å². The van der Waals surface area contributed by atoms with Gasteiger partial charge in [-0.05, 0) is 33.6 Å². The highest BCUT2D eigenvalue weighted by Crippen LogP contribution is 2.30. The predicted molar refractivity (Wildman–Crippen MR) is 90.2 cm³/mol. The van der Waals surface area contributed by atoms with Gasteiger partial charge in [0.15, 0.2) is 0 Å². The highest BCUT2D eigenvalue weighted by Gasteiger charge is 2.20. The number of thiazole rings is 1. The average molecular weight is 370 g/mol. The van der Waals surface area contributed by atoms with E-state index in [0.717, 1.165) is 26.5 Å². The van der Waals surface area contributed by atoms with E-state index in [2.05, 4.69) is 41.7 Å². The standard InChI is InChI=1S/C16H20BrNO2S/c1-16(2,3)15-18-12(9-21-15)13(19)8-10-5-6-14(20-4)11(17)7-10/h5-7,9,13,19H,8H2,1-4H3. The Bertz CT molecular complexity index is 619. The molecule has 3 nitrogen and oxygen atoms in total. The van der Waals surface area contributed by atoms with Crippen LogP contribution in [0.2, 0.25) is 0 Å². The van der Waals surface area contributed by atoms with Crippen LogP contribution in [-0.2, 0) is 11.8 Å². The van der Waals surface area contributed by atoms with Crippen LogP contribution in [0.5, 0.6) is 5.75 Å². The number of rotatable bonds is 4. The second kappa shape index (κ2) is 6.46. The number of methoxy groups -OCH3 is 1. The number of aliphatic hydroxyl groups excluding tert-OH is 1. The summed E-state index contributed by atoms with van der Waals surface area (Å²) in [6.45, 7) is 6.38. The molecule has 1 unspecified atom stereocenters. The van der Waals surface area contributed by atoms with E-state index in [1.807, 2.05) is 23.6 Å². The predicted octanol–water partition coefficient (Wildman–Crippen LogP) is 4.49. The molecule has 0 amide bonds. The van der Waals surface area contributed by atoms with Gasteiger partial charge in [-0.25, -0.2) is 4.98 Å². The van der Waals surface area contributed by atoms with Gasteiger partial charge in [-0.1, -0.05) is 26.8 Å². The number of hydrogen-bond donors (Lipinski definition) is 1. The van der Waals surface area contributed by atoms with Gasteiger partial charge in [0.05, 0.1) is 22.3 Å². The molecule has 2 rings (SSSR count). The van der Waals surface area contributed by atoms with Gasteiger partial charge in [0.25, 0.3) is 0 Å². The van der Waals surface area contributed by atoms with E-state index in [1.54, 1.807) is 18.4 Å². The highest BCUT2D eigenvalue weighted by atomic mass is 79.9. The first-order chi connectivity index (χ1) is 9.81. The summed E-state index contributed by atoms with van der Waals surface area (Å²) in [6, 6.07) is 5.83. The molecule has 1 heterocycles. The fraction of sp³-hybridized carbons (Fsp3) is 0.438. The molecule has 114 valence electrons. The van der Waals surface area contributed by atoms with Gasteiger partial charge in [0.1, 0.15) is 11.9 Å². The minimum absolute atomic E-state index is 0.0196. The second-order valence-electron chi connectivity index (χ2n) is 6.02. The van der Waals surface area contributed by atoms with E-state index in [1.165, 1.54) is 0 Å². The zero-order valence-electron chi connectivity index (χ0n) is 12.7. The van der Waals surface area contributed by atoms with Crippen molar-refractivity contribution in [3.05, 3.63) is 44.3 Å². The first kappa shape index (κ1) is 16.5. The van der Waals surface area contributed by atoms with Gasteiger partial charge in [-0.15, -0.1) is 11.3 Å². The SMILES string of the molecule is COc1ccc(CC(O)c2csc(C(C)(C)C)n2)cc1Br. The quantitative estimate of drug-likeness (QED) is 0.863. The molecule has 0 aliphatic carbocycles. The average Bonchev–Trinajstić information content (AvgIpc) is 2.88. The van der Waals surface area contributed by atoms with E-state index in [9.17, 15) is 5.11 Å². The first-order valence-electron chi connectivity index (χ1n) is 6.77. The summed E-state index contributed by atoms with van der Waals surface area (Å²) in [5, 5.41) is 13.4. The summed E-state index contributed by atoms with van der Waals surface area (Å²) in [7, 11) is 1.64. The number of ether oxygens (including phenoxy) is 1. The zero-order chi connectivity index (χ0) is 15.6. The Morgan fingerprint density at radius 1 is 1.38 bits per heavy atom. The molecule has 0 saturated heterocycles. The summed E-state index contributed by atoms with van der Waals surface area (Å²) < 4.78 is 6.10. The van der Waals surface area contributed by atoms with Crippen molar-refractivity contribution in [1.29, 1.82) is 0 Å². The van der Waals surface area contributed by atoms with Crippen LogP contribution in [-0.4, -0.2) is 17.2 Å². The van der Waals surface area contributed by atoms with Crippen LogP contribution in [0.25, 0.3) is 0 Å². The van der Waals surface area contributed by atoms with Gasteiger partial charge in [0, 0.05) is 17.2 Å². The van der Waals surface area contributed by atoms with Crippen molar-refractivity contribution in [3.63, 3.8) is 0 Å². The van der Waals surface area contributed by atoms with Crippen molar-refractivity contribution in [2.75, 3.05) is 7.11 Å². The lowest BCUT2D eigenvalue weighted by Crippen LogP contribution is -2.11. The van der Waals surface area contributed by atoms with Gasteiger partial charge < -0.3 is 9.84 Å². The maximum absolute atomic E-state index is 10.4. The van der Waals surface area contributed by atoms with Gasteiger partial charge >= 0.3 is 0 Å². The molecule has 0 spiro atoms. The van der Waals surface area contributed by atoms with Gasteiger partial charge in [0.2, 0.25) is 0 Å². The molecule has 1 atom stereocenters. The third-order valence-electron chi connectivity index (χ3n) is 3.15. The lowest BCUT2D eigenvalue weighted by molar-refractivity contribution is 0.174. The molecule has 1 N–H and O–H groups in total. The second-order valence-corrected chi connectivity index (χ2v) is 7.73. The van der Waals surface area contributed by atoms with E-state index in [-0.39, 0.29) is 5.41 Å². The molecule has 0 fully saturated rings. The van der Waals surface area contributed by atoms with Crippen molar-refractivity contribution in [2.24, 2.45) is 0 Å². The smallest absolute Gasteiger partial charge is 0.133 e. The molecule has 0 bridgehead atoms. The number of aromatic nitrogens is 1. The van der Waals surface area contributed by atoms with E-state index >= 15 is 0 Å². The van der Waals surface area contributed by atoms with Crippen LogP contribution >= 0.6 is 27.3 Å². The summed E-state index contributed by atoms with van der Waals surface area (Å²) >= 11 is 5.07. The van der Waals surface area contributed by atoms with E-state index < -0.39 is 6.10 Å². The molecule has 21 heavy (non-hydrogen) atoms. The summed E-state index contributed by atoms with van der Waals surface area (Å²) in [6.07, 6.45) is -0.0479. The normalized spacial score (nSPS) is 13.2. The van der Waals surface area contributed by atoms with Crippen LogP contribution in [0, 0.1) is 0 Å². The maximum Gasteiger partial charge on any atom is 0.133 e. The van der Waals surface area contributed by atoms with Crippen molar-refractivity contribution < 1.29 is 9.84 Å². The van der Waals surface area contributed by atoms with Crippen molar-refractivity contribution in [2.45, 2.75) is 38.7 Å². The lowest BCUT2D eigenvalue weighted by atomic mass is 9.98. The van der Waals surface area contributed by atoms with E-state index in [4.69, 9.17) is 4.74 Å². The zero-order valence-corrected chi connectivity index (χ0v) is 15.1. The Balaban J connectivity index is 2.12. The Morgan fingerprint density at radius 2 is 2.10 bits per heavy atom. The number of benzene rings is 1. The number of aliphatic hydroxyl groups is 1. The highest BCUT2D eigenvalue weighted by molar-refractivity contribution is 9.10. The number of halogens is 1. The number of nitrogens with zero attached hydrogens (tertiary/aromatic N) is 1.